The summed E-state index contributed by atoms with van der Waals surface area (Å²) < 4.78 is 55.2. The molecule has 5 amide bonds. The van der Waals surface area contributed by atoms with Gasteiger partial charge in [0.15, 0.2) is 5.78 Å². The summed E-state index contributed by atoms with van der Waals surface area (Å²) >= 11 is 0. The number of Topliss-reactive ketones (excluding diaryl/α,β-unsaturated/α-hetero) is 1. The largest absolute Gasteiger partial charge is 0.381 e. The molecule has 5 N–H and O–H groups in total. The van der Waals surface area contributed by atoms with E-state index in [0.29, 0.717) is 86.7 Å². The SMILES string of the molecule is CN[C@@H](C)C(=O)N[C@H](C(=O)N1Cc2ccc(CC(=O)CNC(=O)C3(C)CN(C(=O)CN4C[C@@H](C)NC[C@@H]4CN4CCOC[C@H]4C)c4cc(Cc5ccc(F)cc5)ccc43)cc2[C@H]1C(=O)Nc1c(F)cccc1F)C1CCOCC1. The van der Waals surface area contributed by atoms with Crippen LogP contribution >= 0.6 is 0 Å². The molecule has 0 spiro atoms. The summed E-state index contributed by atoms with van der Waals surface area (Å²) in [5.74, 6) is -5.65. The molecule has 7 atom stereocenters. The third-order valence-electron chi connectivity index (χ3n) is 16.4. The van der Waals surface area contributed by atoms with E-state index in [1.165, 1.54) is 17.0 Å². The molecule has 4 aromatic rings. The van der Waals surface area contributed by atoms with E-state index in [-0.39, 0.29) is 74.2 Å². The van der Waals surface area contributed by atoms with Crippen LogP contribution < -0.4 is 31.5 Å². The standard InChI is InChI=1S/C59H72F3N9O8/c1-35-29-69(44(27-64-35)31-68-19-22-79-33-36(68)2)32-51(73)71-34-59(4,47-16-12-39(26-50(47)71)23-38-10-14-43(60)15-11-38)58(77)65-28-45(72)24-40-9-13-42-30-70(54(46(42)25-40)56(75)67-53-48(61)7-6-8-49(53)62)57(76)52(41-17-20-78-21-18-41)66-55(74)37(3)63-5/h6-16,25-26,35-37,41,44,52,54,63-64H,17-24,27-34H2,1-5H3,(H,65,77)(H,66,74)(H,67,75)/t35-,36-,37+,44-,52+,54+,59?/m1/s1. The molecule has 0 aromatic heterocycles. The molecule has 5 aliphatic rings. The summed E-state index contributed by atoms with van der Waals surface area (Å²) in [6.07, 6.45) is 1.18. The molecule has 17 nitrogen and oxygen atoms in total. The zero-order valence-corrected chi connectivity index (χ0v) is 45.5. The smallest absolute Gasteiger partial charge is 0.252 e. The summed E-state index contributed by atoms with van der Waals surface area (Å²) in [4.78, 5) is 93.5. The minimum atomic E-state index is -1.42. The molecule has 79 heavy (non-hydrogen) atoms. The number of ketones is 1. The number of halogens is 3. The minimum Gasteiger partial charge on any atom is -0.381 e. The molecule has 5 heterocycles. The number of para-hydroxylation sites is 1. The molecule has 3 saturated heterocycles. The summed E-state index contributed by atoms with van der Waals surface area (Å²) in [7, 11) is 1.62. The molecule has 5 aliphatic heterocycles. The molecule has 0 saturated carbocycles. The van der Waals surface area contributed by atoms with Gasteiger partial charge in [0.05, 0.1) is 37.8 Å². The van der Waals surface area contributed by atoms with Crippen LogP contribution in [0.1, 0.15) is 80.0 Å². The van der Waals surface area contributed by atoms with Crippen molar-refractivity contribution in [1.29, 1.82) is 0 Å². The highest BCUT2D eigenvalue weighted by atomic mass is 19.1. The van der Waals surface area contributed by atoms with Crippen LogP contribution in [0.2, 0.25) is 0 Å². The average Bonchev–Trinajstić information content (AvgIpc) is 4.20. The zero-order chi connectivity index (χ0) is 56.1. The van der Waals surface area contributed by atoms with Gasteiger partial charge in [-0.3, -0.25) is 38.6 Å². The number of hydrogen-bond donors (Lipinski definition) is 5. The first-order valence-electron chi connectivity index (χ1n) is 27.4. The fourth-order valence-electron chi connectivity index (χ4n) is 11.7. The van der Waals surface area contributed by atoms with Crippen LogP contribution in [-0.2, 0) is 63.0 Å². The first-order chi connectivity index (χ1) is 37.9. The first-order valence-corrected chi connectivity index (χ1v) is 27.4. The van der Waals surface area contributed by atoms with Gasteiger partial charge in [-0.25, -0.2) is 13.2 Å². The fourth-order valence-corrected chi connectivity index (χ4v) is 11.7. The van der Waals surface area contributed by atoms with Gasteiger partial charge in [0.25, 0.3) is 5.91 Å². The summed E-state index contributed by atoms with van der Waals surface area (Å²) in [5.41, 5.74) is 2.31. The average molecular weight is 1090 g/mol. The number of carbonyl (C=O) groups is 6. The number of rotatable bonds is 18. The topological polar surface area (TPSA) is 194 Å². The second kappa shape index (κ2) is 24.9. The second-order valence-electron chi connectivity index (χ2n) is 22.1. The Morgan fingerprint density at radius 2 is 1.58 bits per heavy atom. The van der Waals surface area contributed by atoms with E-state index in [0.717, 1.165) is 42.4 Å². The Balaban J connectivity index is 0.934. The molecule has 0 aliphatic carbocycles. The lowest BCUT2D eigenvalue weighted by Gasteiger charge is -2.43. The zero-order valence-electron chi connectivity index (χ0n) is 45.5. The number of carbonyl (C=O) groups excluding carboxylic acids is 6. The number of nitrogens with zero attached hydrogens (tertiary/aromatic N) is 4. The molecular weight excluding hydrogens is 1020 g/mol. The van der Waals surface area contributed by atoms with Gasteiger partial charge in [0.1, 0.15) is 35.2 Å². The van der Waals surface area contributed by atoms with Crippen molar-refractivity contribution in [2.45, 2.75) is 102 Å². The second-order valence-corrected chi connectivity index (χ2v) is 22.1. The summed E-state index contributed by atoms with van der Waals surface area (Å²) in [6, 6.07) is 17.4. The summed E-state index contributed by atoms with van der Waals surface area (Å²) in [6.45, 7) is 12.3. The normalized spacial score (nSPS) is 23.3. The Hall–Kier alpha value is -6.55. The van der Waals surface area contributed by atoms with Crippen LogP contribution in [0.25, 0.3) is 0 Å². The van der Waals surface area contributed by atoms with Gasteiger partial charge < -0.3 is 45.9 Å². The lowest BCUT2D eigenvalue weighted by Crippen LogP contribution is -2.62. The Morgan fingerprint density at radius 3 is 2.30 bits per heavy atom. The number of anilines is 2. The van der Waals surface area contributed by atoms with Crippen molar-refractivity contribution in [3.8, 4) is 0 Å². The molecular formula is C59H72F3N9O8. The van der Waals surface area contributed by atoms with Gasteiger partial charge >= 0.3 is 0 Å². The number of fused-ring (bicyclic) bond motifs is 2. The van der Waals surface area contributed by atoms with Crippen molar-refractivity contribution >= 4 is 46.7 Å². The number of ether oxygens (including phenoxy) is 2. The van der Waals surface area contributed by atoms with Crippen molar-refractivity contribution in [3.05, 3.63) is 130 Å². The van der Waals surface area contributed by atoms with Crippen molar-refractivity contribution in [2.75, 3.05) is 89.5 Å². The highest BCUT2D eigenvalue weighted by Gasteiger charge is 2.48. The maximum atomic E-state index is 15.0. The van der Waals surface area contributed by atoms with Crippen LogP contribution in [0, 0.1) is 23.4 Å². The van der Waals surface area contributed by atoms with Crippen LogP contribution in [0.4, 0.5) is 24.5 Å². The lowest BCUT2D eigenvalue weighted by molar-refractivity contribution is -0.144. The van der Waals surface area contributed by atoms with Crippen LogP contribution in [0.3, 0.4) is 0 Å². The summed E-state index contributed by atoms with van der Waals surface area (Å²) in [5, 5.41) is 14.6. The van der Waals surface area contributed by atoms with Gasteiger partial charge in [-0.1, -0.05) is 48.5 Å². The quantitative estimate of drug-likeness (QED) is 0.0958. The van der Waals surface area contributed by atoms with Gasteiger partial charge in [0.2, 0.25) is 23.6 Å². The fraction of sp³-hybridized carbons (Fsp3) is 0.492. The van der Waals surface area contributed by atoms with Crippen LogP contribution in [-0.4, -0.2) is 160 Å². The molecule has 0 bridgehead atoms. The van der Waals surface area contributed by atoms with Gasteiger partial charge in [-0.05, 0) is 124 Å². The van der Waals surface area contributed by atoms with Crippen LogP contribution in [0.15, 0.2) is 78.9 Å². The van der Waals surface area contributed by atoms with Crippen LogP contribution in [0.5, 0.6) is 0 Å². The Bertz CT molecular complexity index is 2910. The van der Waals surface area contributed by atoms with E-state index in [1.54, 1.807) is 56.1 Å². The van der Waals surface area contributed by atoms with E-state index in [1.807, 2.05) is 18.2 Å². The predicted molar refractivity (Wildman–Crippen MR) is 290 cm³/mol. The van der Waals surface area contributed by atoms with E-state index >= 15 is 8.78 Å². The third-order valence-corrected chi connectivity index (χ3v) is 16.4. The molecule has 9 rings (SSSR count). The van der Waals surface area contributed by atoms with Crippen molar-refractivity contribution in [2.24, 2.45) is 5.92 Å². The Labute approximate surface area is 459 Å². The molecule has 422 valence electrons. The van der Waals surface area contributed by atoms with E-state index in [4.69, 9.17) is 9.47 Å². The third kappa shape index (κ3) is 12.9. The van der Waals surface area contributed by atoms with Crippen molar-refractivity contribution in [1.82, 2.24) is 36.0 Å². The Kier molecular flexibility index (Phi) is 18.0. The monoisotopic (exact) mass is 1090 g/mol. The van der Waals surface area contributed by atoms with E-state index < -0.39 is 64.5 Å². The highest BCUT2D eigenvalue weighted by Crippen LogP contribution is 2.43. The van der Waals surface area contributed by atoms with E-state index in [2.05, 4.69) is 50.2 Å². The number of amides is 5. The van der Waals surface area contributed by atoms with E-state index in [9.17, 15) is 33.2 Å². The number of hydrogen-bond acceptors (Lipinski definition) is 12. The molecule has 1 unspecified atom stereocenters. The highest BCUT2D eigenvalue weighted by molar-refractivity contribution is 6.04. The Morgan fingerprint density at radius 1 is 0.861 bits per heavy atom. The van der Waals surface area contributed by atoms with Gasteiger partial charge in [0, 0.05) is 82.7 Å². The van der Waals surface area contributed by atoms with Gasteiger partial charge in [-0.2, -0.15) is 0 Å². The minimum absolute atomic E-state index is 0.0157. The van der Waals surface area contributed by atoms with Gasteiger partial charge in [-0.15, -0.1) is 0 Å². The lowest BCUT2D eigenvalue weighted by atomic mass is 9.83. The number of likely N-dealkylation sites (N-methyl/N-ethyl adjacent to an activating group) is 1. The maximum Gasteiger partial charge on any atom is 0.252 e. The predicted octanol–water partition coefficient (Wildman–Crippen LogP) is 4.15. The maximum absolute atomic E-state index is 15.0. The number of benzene rings is 4. The molecule has 0 radical (unpaired) electrons. The molecule has 3 fully saturated rings. The first kappa shape index (κ1) is 57.1. The molecule has 4 aromatic carbocycles. The number of morpholine rings is 1. The number of piperazine rings is 1. The molecule has 20 heteroatoms. The van der Waals surface area contributed by atoms with Crippen molar-refractivity contribution in [3.63, 3.8) is 0 Å². The van der Waals surface area contributed by atoms with Crippen molar-refractivity contribution < 1.29 is 51.4 Å². The number of nitrogens with one attached hydrogen (secondary N) is 5.